The maximum absolute atomic E-state index is 12.4. The van der Waals surface area contributed by atoms with E-state index in [0.717, 1.165) is 19.4 Å². The summed E-state index contributed by atoms with van der Waals surface area (Å²) in [5, 5.41) is 8.08. The van der Waals surface area contributed by atoms with Crippen molar-refractivity contribution in [2.24, 2.45) is 5.92 Å². The Bertz CT molecular complexity index is 712. The van der Waals surface area contributed by atoms with Crippen LogP contribution in [0.3, 0.4) is 0 Å². The van der Waals surface area contributed by atoms with Crippen molar-refractivity contribution in [2.45, 2.75) is 52.5 Å². The number of hydrogen-bond donors (Lipinski definition) is 0. The first-order valence-corrected chi connectivity index (χ1v) is 9.61. The molecule has 0 aliphatic rings. The van der Waals surface area contributed by atoms with Gasteiger partial charge in [-0.15, -0.1) is 5.10 Å². The van der Waals surface area contributed by atoms with Gasteiger partial charge in [-0.2, -0.15) is 0 Å². The second-order valence-electron chi connectivity index (χ2n) is 6.84. The van der Waals surface area contributed by atoms with Crippen LogP contribution in [-0.2, 0) is 33.7 Å². The quantitative estimate of drug-likeness (QED) is 0.506. The van der Waals surface area contributed by atoms with E-state index in [2.05, 4.69) is 17.2 Å². The second kappa shape index (κ2) is 11.4. The number of ether oxygens (including phenoxy) is 1. The molecular weight excluding hydrogens is 342 g/mol. The van der Waals surface area contributed by atoms with E-state index in [-0.39, 0.29) is 30.3 Å². The van der Waals surface area contributed by atoms with Gasteiger partial charge in [0.2, 0.25) is 0 Å². The molecule has 6 nitrogen and oxygen atoms in total. The number of ketones is 2. The highest BCUT2D eigenvalue weighted by Crippen LogP contribution is 2.16. The number of hydrogen-bond acceptors (Lipinski definition) is 5. The van der Waals surface area contributed by atoms with Gasteiger partial charge in [-0.25, -0.2) is 4.68 Å². The Kier molecular flexibility index (Phi) is 8.84. The molecule has 1 aromatic carbocycles. The van der Waals surface area contributed by atoms with Crippen LogP contribution in [0.1, 0.15) is 44.4 Å². The van der Waals surface area contributed by atoms with Gasteiger partial charge in [0.05, 0.1) is 25.3 Å². The van der Waals surface area contributed by atoms with E-state index in [1.165, 1.54) is 5.56 Å². The largest absolute Gasteiger partial charge is 0.380 e. The number of aromatic nitrogens is 3. The fourth-order valence-corrected chi connectivity index (χ4v) is 2.92. The summed E-state index contributed by atoms with van der Waals surface area (Å²) < 4.78 is 7.12. The predicted octanol–water partition coefficient (Wildman–Crippen LogP) is 3.04. The zero-order valence-electron chi connectivity index (χ0n) is 16.3. The molecule has 0 N–H and O–H groups in total. The van der Waals surface area contributed by atoms with Gasteiger partial charge >= 0.3 is 0 Å². The molecule has 0 aliphatic carbocycles. The molecule has 6 heteroatoms. The van der Waals surface area contributed by atoms with Crippen LogP contribution in [0.25, 0.3) is 0 Å². The predicted molar refractivity (Wildman–Crippen MR) is 103 cm³/mol. The number of benzene rings is 1. The lowest BCUT2D eigenvalue weighted by atomic mass is 9.90. The fourth-order valence-electron chi connectivity index (χ4n) is 2.92. The molecule has 1 unspecified atom stereocenters. The molecular formula is C21H29N3O3. The zero-order valence-corrected chi connectivity index (χ0v) is 16.3. The Morgan fingerprint density at radius 2 is 1.96 bits per heavy atom. The normalized spacial score (nSPS) is 12.1. The first kappa shape index (κ1) is 21.0. The third kappa shape index (κ3) is 7.83. The number of carbonyl (C=O) groups is 2. The van der Waals surface area contributed by atoms with Crippen LogP contribution in [0.2, 0.25) is 0 Å². The summed E-state index contributed by atoms with van der Waals surface area (Å²) in [6.07, 6.45) is 4.72. The molecule has 0 saturated carbocycles. The van der Waals surface area contributed by atoms with Crippen LogP contribution in [0.4, 0.5) is 0 Å². The van der Waals surface area contributed by atoms with E-state index in [0.29, 0.717) is 25.3 Å². The molecule has 27 heavy (non-hydrogen) atoms. The molecule has 146 valence electrons. The molecule has 0 bridgehead atoms. The lowest BCUT2D eigenvalue weighted by Gasteiger charge is -2.12. The van der Waals surface area contributed by atoms with Gasteiger partial charge in [0.15, 0.2) is 0 Å². The topological polar surface area (TPSA) is 74.1 Å². The third-order valence-electron chi connectivity index (χ3n) is 4.45. The lowest BCUT2D eigenvalue weighted by Crippen LogP contribution is -2.18. The molecule has 1 aromatic heterocycles. The van der Waals surface area contributed by atoms with Crippen molar-refractivity contribution in [3.05, 3.63) is 47.8 Å². The van der Waals surface area contributed by atoms with Gasteiger partial charge in [0.25, 0.3) is 0 Å². The Balaban J connectivity index is 1.79. The van der Waals surface area contributed by atoms with Crippen LogP contribution >= 0.6 is 0 Å². The van der Waals surface area contributed by atoms with E-state index in [1.54, 1.807) is 17.8 Å². The van der Waals surface area contributed by atoms with Crippen molar-refractivity contribution in [1.29, 1.82) is 0 Å². The summed E-state index contributed by atoms with van der Waals surface area (Å²) in [5.74, 6) is -0.149. The van der Waals surface area contributed by atoms with Gasteiger partial charge < -0.3 is 4.74 Å². The molecule has 2 rings (SSSR count). The molecule has 0 amide bonds. The molecule has 1 heterocycles. The molecule has 0 aliphatic heterocycles. The van der Waals surface area contributed by atoms with E-state index in [9.17, 15) is 9.59 Å². The van der Waals surface area contributed by atoms with Crippen molar-refractivity contribution in [1.82, 2.24) is 15.0 Å². The van der Waals surface area contributed by atoms with Gasteiger partial charge in [-0.1, -0.05) is 42.5 Å². The standard InChI is InChI=1S/C21H29N3O3/c1-3-12-27-13-11-24-16-20(22-23-24)15-21(26)14-19(17(2)25)10-9-18-7-5-4-6-8-18/h4-8,16,19H,3,9-15H2,1-2H3. The molecule has 0 radical (unpaired) electrons. The summed E-state index contributed by atoms with van der Waals surface area (Å²) in [6.45, 7) is 5.56. The Hall–Kier alpha value is -2.34. The third-order valence-corrected chi connectivity index (χ3v) is 4.45. The summed E-state index contributed by atoms with van der Waals surface area (Å²) >= 11 is 0. The van der Waals surface area contributed by atoms with Crippen molar-refractivity contribution < 1.29 is 14.3 Å². The maximum atomic E-state index is 12.4. The van der Waals surface area contributed by atoms with Crippen molar-refractivity contribution in [3.63, 3.8) is 0 Å². The summed E-state index contributed by atoms with van der Waals surface area (Å²) in [4.78, 5) is 24.3. The van der Waals surface area contributed by atoms with Gasteiger partial charge in [-0.05, 0) is 31.7 Å². The first-order valence-electron chi connectivity index (χ1n) is 9.61. The van der Waals surface area contributed by atoms with E-state index >= 15 is 0 Å². The zero-order chi connectivity index (χ0) is 19.5. The highest BCUT2D eigenvalue weighted by molar-refractivity contribution is 5.87. The Labute approximate surface area is 160 Å². The smallest absolute Gasteiger partial charge is 0.139 e. The first-order chi connectivity index (χ1) is 13.1. The number of nitrogens with zero attached hydrogens (tertiary/aromatic N) is 3. The van der Waals surface area contributed by atoms with Crippen molar-refractivity contribution in [2.75, 3.05) is 13.2 Å². The monoisotopic (exact) mass is 371 g/mol. The van der Waals surface area contributed by atoms with Gasteiger partial charge in [0.1, 0.15) is 11.6 Å². The second-order valence-corrected chi connectivity index (χ2v) is 6.84. The summed E-state index contributed by atoms with van der Waals surface area (Å²) in [5.41, 5.74) is 1.82. The summed E-state index contributed by atoms with van der Waals surface area (Å²) in [7, 11) is 0. The minimum Gasteiger partial charge on any atom is -0.380 e. The fraction of sp³-hybridized carbons (Fsp3) is 0.524. The molecule has 0 spiro atoms. The van der Waals surface area contributed by atoms with Crippen LogP contribution < -0.4 is 0 Å². The lowest BCUT2D eigenvalue weighted by molar-refractivity contribution is -0.126. The minimum absolute atomic E-state index is 0.0255. The highest BCUT2D eigenvalue weighted by atomic mass is 16.5. The molecule has 0 saturated heterocycles. The maximum Gasteiger partial charge on any atom is 0.139 e. The van der Waals surface area contributed by atoms with E-state index in [4.69, 9.17) is 4.74 Å². The summed E-state index contributed by atoms with van der Waals surface area (Å²) in [6, 6.07) is 10.0. The number of Topliss-reactive ketones (excluding diaryl/α,β-unsaturated/α-hetero) is 2. The highest BCUT2D eigenvalue weighted by Gasteiger charge is 2.19. The van der Waals surface area contributed by atoms with Crippen LogP contribution in [0, 0.1) is 5.92 Å². The van der Waals surface area contributed by atoms with Crippen LogP contribution in [0.15, 0.2) is 36.5 Å². The Morgan fingerprint density at radius 1 is 1.19 bits per heavy atom. The van der Waals surface area contributed by atoms with Gasteiger partial charge in [0, 0.05) is 25.1 Å². The minimum atomic E-state index is -0.241. The van der Waals surface area contributed by atoms with Crippen molar-refractivity contribution >= 4 is 11.6 Å². The van der Waals surface area contributed by atoms with Crippen molar-refractivity contribution in [3.8, 4) is 0 Å². The van der Waals surface area contributed by atoms with Gasteiger partial charge in [-0.3, -0.25) is 9.59 Å². The van der Waals surface area contributed by atoms with E-state index < -0.39 is 0 Å². The molecule has 0 fully saturated rings. The molecule has 1 atom stereocenters. The molecule has 2 aromatic rings. The average molecular weight is 371 g/mol. The SMILES string of the molecule is CCCOCCn1cc(CC(=O)CC(CCc2ccccc2)C(C)=O)nn1. The number of carbonyl (C=O) groups excluding carboxylic acids is 2. The average Bonchev–Trinajstić information content (AvgIpc) is 3.10. The number of aryl methyl sites for hydroxylation is 1. The van der Waals surface area contributed by atoms with Crippen LogP contribution in [-0.4, -0.2) is 39.8 Å². The Morgan fingerprint density at radius 3 is 2.67 bits per heavy atom. The van der Waals surface area contributed by atoms with E-state index in [1.807, 2.05) is 30.3 Å². The van der Waals surface area contributed by atoms with Crippen LogP contribution in [0.5, 0.6) is 0 Å². The number of rotatable bonds is 13.